The molecule has 2 aliphatic heterocycles. The van der Waals surface area contributed by atoms with Crippen molar-refractivity contribution in [3.8, 4) is 5.75 Å². The number of amides is 2. The molecule has 2 amide bonds. The number of ether oxygens (including phenoxy) is 3. The van der Waals surface area contributed by atoms with E-state index in [4.69, 9.17) is 14.2 Å². The van der Waals surface area contributed by atoms with Crippen molar-refractivity contribution in [2.45, 2.75) is 43.9 Å². The lowest BCUT2D eigenvalue weighted by atomic mass is 9.94. The first-order chi connectivity index (χ1) is 15.4. The molecule has 0 aliphatic carbocycles. The van der Waals surface area contributed by atoms with Crippen molar-refractivity contribution in [1.82, 2.24) is 4.90 Å². The minimum Gasteiger partial charge on any atom is -0.490 e. The van der Waals surface area contributed by atoms with E-state index in [-0.39, 0.29) is 55.5 Å². The predicted molar refractivity (Wildman–Crippen MR) is 119 cm³/mol. The van der Waals surface area contributed by atoms with Crippen molar-refractivity contribution >= 4 is 34.8 Å². The van der Waals surface area contributed by atoms with Gasteiger partial charge in [0.25, 0.3) is 5.91 Å². The van der Waals surface area contributed by atoms with Crippen LogP contribution in [0.3, 0.4) is 0 Å². The second kappa shape index (κ2) is 9.70. The maximum absolute atomic E-state index is 13.2. The molecule has 2 aliphatic rings. The zero-order valence-electron chi connectivity index (χ0n) is 18.0. The van der Waals surface area contributed by atoms with Gasteiger partial charge in [0, 0.05) is 17.6 Å². The van der Waals surface area contributed by atoms with Crippen molar-refractivity contribution < 1.29 is 28.6 Å². The fourth-order valence-corrected chi connectivity index (χ4v) is 4.85. The molecule has 3 heterocycles. The Labute approximate surface area is 190 Å². The number of hydrogen-bond acceptors (Lipinski definition) is 7. The van der Waals surface area contributed by atoms with Crippen LogP contribution in [0.5, 0.6) is 5.75 Å². The van der Waals surface area contributed by atoms with Gasteiger partial charge in [0.05, 0.1) is 37.7 Å². The minimum absolute atomic E-state index is 0.141. The molecule has 3 atom stereocenters. The lowest BCUT2D eigenvalue weighted by Crippen LogP contribution is -2.53. The van der Waals surface area contributed by atoms with Gasteiger partial charge in [0.2, 0.25) is 5.91 Å². The Balaban J connectivity index is 1.48. The van der Waals surface area contributed by atoms with E-state index in [1.165, 1.54) is 18.4 Å². The van der Waals surface area contributed by atoms with Gasteiger partial charge in [-0.15, -0.1) is 11.3 Å². The fraction of sp³-hybridized carbons (Fsp3) is 0.435. The van der Waals surface area contributed by atoms with E-state index in [0.717, 1.165) is 4.88 Å². The third-order valence-corrected chi connectivity index (χ3v) is 6.71. The Hall–Kier alpha value is -2.91. The maximum Gasteiger partial charge on any atom is 0.308 e. The molecule has 2 aromatic rings. The van der Waals surface area contributed by atoms with Gasteiger partial charge in [-0.2, -0.15) is 0 Å². The highest BCUT2D eigenvalue weighted by molar-refractivity contribution is 7.10. The van der Waals surface area contributed by atoms with Gasteiger partial charge in [-0.3, -0.25) is 14.4 Å². The van der Waals surface area contributed by atoms with Crippen molar-refractivity contribution in [3.63, 3.8) is 0 Å². The van der Waals surface area contributed by atoms with Crippen LogP contribution in [0.1, 0.15) is 34.5 Å². The van der Waals surface area contributed by atoms with Crippen LogP contribution in [-0.4, -0.2) is 61.7 Å². The third-order valence-electron chi connectivity index (χ3n) is 5.83. The number of thiophene rings is 1. The molecule has 0 spiro atoms. The number of carbonyl (C=O) groups is 3. The number of methoxy groups -OCH3 is 1. The number of rotatable bonds is 5. The summed E-state index contributed by atoms with van der Waals surface area (Å²) in [6, 6.07) is 8.72. The van der Waals surface area contributed by atoms with E-state index in [1.807, 2.05) is 17.5 Å². The van der Waals surface area contributed by atoms with Crippen LogP contribution in [-0.2, 0) is 25.5 Å². The monoisotopic (exact) mass is 458 g/mol. The molecule has 1 saturated heterocycles. The number of fused-ring (bicyclic) bond motifs is 2. The second-order valence-corrected chi connectivity index (χ2v) is 9.00. The highest BCUT2D eigenvalue weighted by atomic mass is 32.1. The summed E-state index contributed by atoms with van der Waals surface area (Å²) in [5, 5.41) is 4.79. The van der Waals surface area contributed by atoms with Gasteiger partial charge < -0.3 is 24.4 Å². The van der Waals surface area contributed by atoms with Gasteiger partial charge in [-0.25, -0.2) is 0 Å². The van der Waals surface area contributed by atoms with Crippen LogP contribution in [0.25, 0.3) is 0 Å². The number of likely N-dealkylation sites (N-methyl/N-ethyl adjacent to an activating group) is 1. The largest absolute Gasteiger partial charge is 0.490 e. The number of esters is 1. The predicted octanol–water partition coefficient (Wildman–Crippen LogP) is 2.87. The number of hydrogen-bond donors (Lipinski definition) is 1. The number of nitrogens with zero attached hydrogens (tertiary/aromatic N) is 1. The minimum atomic E-state index is -0.342. The van der Waals surface area contributed by atoms with E-state index in [2.05, 4.69) is 5.32 Å². The SMILES string of the molecule is COC(=O)C[C@H]1CC[C@H]2[C@@H](COc3ccc(NC(=O)Cc4cccs4)cc3C(=O)N2C)O1. The molecule has 1 aromatic carbocycles. The van der Waals surface area contributed by atoms with Crippen LogP contribution in [0.15, 0.2) is 35.7 Å². The summed E-state index contributed by atoms with van der Waals surface area (Å²) in [6.07, 6.45) is 1.22. The van der Waals surface area contributed by atoms with Gasteiger partial charge in [-0.1, -0.05) is 6.07 Å². The molecular formula is C23H26N2O6S. The van der Waals surface area contributed by atoms with Crippen molar-refractivity contribution in [3.05, 3.63) is 46.2 Å². The van der Waals surface area contributed by atoms with Crippen LogP contribution in [0.4, 0.5) is 5.69 Å². The Morgan fingerprint density at radius 2 is 2.12 bits per heavy atom. The van der Waals surface area contributed by atoms with E-state index < -0.39 is 0 Å². The van der Waals surface area contributed by atoms with E-state index in [1.54, 1.807) is 30.1 Å². The van der Waals surface area contributed by atoms with E-state index in [0.29, 0.717) is 29.8 Å². The Morgan fingerprint density at radius 3 is 2.88 bits per heavy atom. The molecule has 0 radical (unpaired) electrons. The average molecular weight is 459 g/mol. The molecule has 1 fully saturated rings. The summed E-state index contributed by atoms with van der Waals surface area (Å²) in [5.41, 5.74) is 0.947. The molecular weight excluding hydrogens is 432 g/mol. The fourth-order valence-electron chi connectivity index (χ4n) is 4.15. The normalized spacial score (nSPS) is 22.6. The highest BCUT2D eigenvalue weighted by Crippen LogP contribution is 2.32. The molecule has 0 saturated carbocycles. The van der Waals surface area contributed by atoms with Crippen LogP contribution in [0, 0.1) is 0 Å². The van der Waals surface area contributed by atoms with Gasteiger partial charge >= 0.3 is 5.97 Å². The maximum atomic E-state index is 13.2. The van der Waals surface area contributed by atoms with Crippen molar-refractivity contribution in [2.24, 2.45) is 0 Å². The standard InChI is InChI=1S/C23H26N2O6S/c1-25-18-7-6-15(11-22(27)29-2)31-20(18)13-30-19-8-5-14(10-17(19)23(25)28)24-21(26)12-16-4-3-9-32-16/h3-5,8-10,15,18,20H,6-7,11-13H2,1-2H3,(H,24,26)/t15-,18+,20-/m1/s1. The lowest BCUT2D eigenvalue weighted by molar-refractivity contribution is -0.151. The number of nitrogens with one attached hydrogen (secondary N) is 1. The first-order valence-electron chi connectivity index (χ1n) is 10.5. The lowest BCUT2D eigenvalue weighted by Gasteiger charge is -2.42. The van der Waals surface area contributed by atoms with Gasteiger partial charge in [0.1, 0.15) is 18.5 Å². The number of benzene rings is 1. The summed E-state index contributed by atoms with van der Waals surface area (Å²) < 4.78 is 16.8. The number of anilines is 1. The van der Waals surface area contributed by atoms with Crippen LogP contribution >= 0.6 is 11.3 Å². The Bertz CT molecular complexity index is 992. The summed E-state index contributed by atoms with van der Waals surface area (Å²) >= 11 is 1.53. The zero-order chi connectivity index (χ0) is 22.7. The van der Waals surface area contributed by atoms with Crippen LogP contribution < -0.4 is 10.1 Å². The molecule has 170 valence electrons. The van der Waals surface area contributed by atoms with Gasteiger partial charge in [0.15, 0.2) is 0 Å². The summed E-state index contributed by atoms with van der Waals surface area (Å²) in [4.78, 5) is 39.9. The Morgan fingerprint density at radius 1 is 1.28 bits per heavy atom. The first-order valence-corrected chi connectivity index (χ1v) is 11.4. The third kappa shape index (κ3) is 4.94. The molecule has 8 nitrogen and oxygen atoms in total. The summed E-state index contributed by atoms with van der Waals surface area (Å²) in [7, 11) is 3.11. The summed E-state index contributed by atoms with van der Waals surface area (Å²) in [5.74, 6) is -0.213. The quantitative estimate of drug-likeness (QED) is 0.693. The molecule has 9 heteroatoms. The molecule has 4 rings (SSSR count). The molecule has 0 unspecified atom stereocenters. The second-order valence-electron chi connectivity index (χ2n) is 7.96. The first kappa shape index (κ1) is 22.3. The van der Waals surface area contributed by atoms with E-state index >= 15 is 0 Å². The van der Waals surface area contributed by atoms with Crippen molar-refractivity contribution in [1.29, 1.82) is 0 Å². The van der Waals surface area contributed by atoms with Crippen LogP contribution in [0.2, 0.25) is 0 Å². The molecule has 1 aromatic heterocycles. The van der Waals surface area contributed by atoms with Gasteiger partial charge in [-0.05, 0) is 42.5 Å². The zero-order valence-corrected chi connectivity index (χ0v) is 18.9. The van der Waals surface area contributed by atoms with Crippen molar-refractivity contribution in [2.75, 3.05) is 26.1 Å². The smallest absolute Gasteiger partial charge is 0.308 e. The number of carbonyl (C=O) groups excluding carboxylic acids is 3. The topological polar surface area (TPSA) is 94.2 Å². The van der Waals surface area contributed by atoms with E-state index in [9.17, 15) is 14.4 Å². The highest BCUT2D eigenvalue weighted by Gasteiger charge is 2.39. The summed E-state index contributed by atoms with van der Waals surface area (Å²) in [6.45, 7) is 0.261. The molecule has 0 bridgehead atoms. The Kier molecular flexibility index (Phi) is 6.76. The average Bonchev–Trinajstić information content (AvgIpc) is 3.29. The molecule has 32 heavy (non-hydrogen) atoms. The molecule has 1 N–H and O–H groups in total.